The van der Waals surface area contributed by atoms with Gasteiger partial charge in [-0.25, -0.2) is 10.8 Å². The molecule has 0 aliphatic heterocycles. The van der Waals surface area contributed by atoms with Gasteiger partial charge in [-0.3, -0.25) is 9.78 Å². The van der Waals surface area contributed by atoms with Gasteiger partial charge in [0.1, 0.15) is 5.82 Å². The highest BCUT2D eigenvalue weighted by Gasteiger charge is 2.11. The molecule has 0 spiro atoms. The lowest BCUT2D eigenvalue weighted by Gasteiger charge is -2.10. The summed E-state index contributed by atoms with van der Waals surface area (Å²) in [5.41, 5.74) is 5.50. The second-order valence-electron chi connectivity index (χ2n) is 4.77. The topological polar surface area (TPSA) is 92.9 Å². The molecule has 2 rings (SSSR count). The van der Waals surface area contributed by atoms with Gasteiger partial charge in [-0.1, -0.05) is 13.3 Å². The van der Waals surface area contributed by atoms with Gasteiger partial charge in [-0.15, -0.1) is 0 Å². The highest BCUT2D eigenvalue weighted by molar-refractivity contribution is 6.05. The van der Waals surface area contributed by atoms with E-state index in [0.717, 1.165) is 24.1 Å². The number of pyridine rings is 2. The fourth-order valence-electron chi connectivity index (χ4n) is 1.97. The van der Waals surface area contributed by atoms with Gasteiger partial charge in [0.2, 0.25) is 0 Å². The number of hydrazine groups is 1. The summed E-state index contributed by atoms with van der Waals surface area (Å²) in [5.74, 6) is 5.68. The molecule has 2 aromatic heterocycles. The average molecular weight is 285 g/mol. The number of aryl methyl sites for hydroxylation is 2. The Balaban J connectivity index is 2.26. The second kappa shape index (κ2) is 6.81. The summed E-state index contributed by atoms with van der Waals surface area (Å²) in [6.07, 6.45) is 5.06. The number of hydrogen-bond donors (Lipinski definition) is 3. The lowest BCUT2D eigenvalue weighted by Crippen LogP contribution is -2.16. The average Bonchev–Trinajstić information content (AvgIpc) is 2.49. The van der Waals surface area contributed by atoms with Gasteiger partial charge in [0.15, 0.2) is 0 Å². The molecule has 0 bridgehead atoms. The largest absolute Gasteiger partial charge is 0.320 e. The summed E-state index contributed by atoms with van der Waals surface area (Å²) in [6, 6.07) is 5.25. The summed E-state index contributed by atoms with van der Waals surface area (Å²) >= 11 is 0. The molecule has 0 fully saturated rings. The van der Waals surface area contributed by atoms with Gasteiger partial charge in [0.25, 0.3) is 5.91 Å². The Morgan fingerprint density at radius 3 is 2.86 bits per heavy atom. The normalized spacial score (nSPS) is 10.2. The molecule has 0 aliphatic carbocycles. The molecule has 2 aromatic rings. The summed E-state index contributed by atoms with van der Waals surface area (Å²) in [5, 5.41) is 2.85. The summed E-state index contributed by atoms with van der Waals surface area (Å²) in [4.78, 5) is 20.7. The van der Waals surface area contributed by atoms with E-state index in [2.05, 4.69) is 27.6 Å². The zero-order chi connectivity index (χ0) is 15.2. The molecule has 0 radical (unpaired) electrons. The van der Waals surface area contributed by atoms with Gasteiger partial charge in [0, 0.05) is 17.5 Å². The molecule has 0 saturated heterocycles. The molecule has 0 unspecified atom stereocenters. The van der Waals surface area contributed by atoms with Gasteiger partial charge < -0.3 is 10.7 Å². The third-order valence-corrected chi connectivity index (χ3v) is 3.08. The molecular formula is C15H19N5O. The Morgan fingerprint density at radius 2 is 2.19 bits per heavy atom. The van der Waals surface area contributed by atoms with Crippen molar-refractivity contribution in [2.24, 2.45) is 5.84 Å². The molecule has 0 saturated carbocycles. The van der Waals surface area contributed by atoms with Crippen LogP contribution in [0.1, 0.15) is 35.0 Å². The monoisotopic (exact) mass is 285 g/mol. The maximum absolute atomic E-state index is 12.4. The predicted octanol–water partition coefficient (Wildman–Crippen LogP) is 2.28. The fourth-order valence-corrected chi connectivity index (χ4v) is 1.97. The van der Waals surface area contributed by atoms with Crippen LogP contribution in [0.15, 0.2) is 30.6 Å². The summed E-state index contributed by atoms with van der Waals surface area (Å²) in [7, 11) is 0. The van der Waals surface area contributed by atoms with Crippen molar-refractivity contribution in [2.45, 2.75) is 26.7 Å². The third kappa shape index (κ3) is 3.76. The highest BCUT2D eigenvalue weighted by Crippen LogP contribution is 2.16. The molecule has 0 aliphatic rings. The number of carbonyl (C=O) groups excluding carboxylic acids is 1. The van der Waals surface area contributed by atoms with E-state index >= 15 is 0 Å². The number of nitrogen functional groups attached to an aromatic ring is 1. The molecule has 21 heavy (non-hydrogen) atoms. The van der Waals surface area contributed by atoms with E-state index in [0.29, 0.717) is 17.1 Å². The van der Waals surface area contributed by atoms with Crippen LogP contribution in [0.5, 0.6) is 0 Å². The smallest absolute Gasteiger partial charge is 0.255 e. The van der Waals surface area contributed by atoms with E-state index < -0.39 is 0 Å². The Bertz CT molecular complexity index is 642. The minimum atomic E-state index is -0.206. The quantitative estimate of drug-likeness (QED) is 0.579. The zero-order valence-electron chi connectivity index (χ0n) is 12.2. The van der Waals surface area contributed by atoms with Crippen LogP contribution in [-0.2, 0) is 6.42 Å². The Morgan fingerprint density at radius 1 is 1.38 bits per heavy atom. The number of hydrogen-bond acceptors (Lipinski definition) is 5. The fraction of sp³-hybridized carbons (Fsp3) is 0.267. The van der Waals surface area contributed by atoms with E-state index in [1.807, 2.05) is 13.0 Å². The highest BCUT2D eigenvalue weighted by atomic mass is 16.1. The Hall–Kier alpha value is -2.47. The number of rotatable bonds is 5. The van der Waals surface area contributed by atoms with Crippen molar-refractivity contribution in [3.63, 3.8) is 0 Å². The molecule has 4 N–H and O–H groups in total. The Labute approximate surface area is 123 Å². The zero-order valence-corrected chi connectivity index (χ0v) is 12.2. The van der Waals surface area contributed by atoms with Crippen molar-refractivity contribution in [1.82, 2.24) is 9.97 Å². The Kier molecular flexibility index (Phi) is 4.84. The van der Waals surface area contributed by atoms with Gasteiger partial charge in [-0.05, 0) is 37.1 Å². The van der Waals surface area contributed by atoms with Gasteiger partial charge in [-0.2, -0.15) is 0 Å². The van der Waals surface area contributed by atoms with Gasteiger partial charge >= 0.3 is 0 Å². The van der Waals surface area contributed by atoms with Crippen molar-refractivity contribution in [3.8, 4) is 0 Å². The first-order valence-electron chi connectivity index (χ1n) is 6.83. The van der Waals surface area contributed by atoms with E-state index in [-0.39, 0.29) is 5.91 Å². The number of carbonyl (C=O) groups is 1. The summed E-state index contributed by atoms with van der Waals surface area (Å²) < 4.78 is 0. The minimum absolute atomic E-state index is 0.206. The first-order chi connectivity index (χ1) is 10.1. The number of nitrogens with two attached hydrogens (primary N) is 1. The first-order valence-corrected chi connectivity index (χ1v) is 6.83. The molecule has 6 nitrogen and oxygen atoms in total. The third-order valence-electron chi connectivity index (χ3n) is 3.08. The molecule has 6 heteroatoms. The molecule has 1 amide bonds. The number of aromatic nitrogens is 2. The van der Waals surface area contributed by atoms with Gasteiger partial charge in [0.05, 0.1) is 11.9 Å². The van der Waals surface area contributed by atoms with Crippen LogP contribution in [0.2, 0.25) is 0 Å². The maximum atomic E-state index is 12.4. The maximum Gasteiger partial charge on any atom is 0.255 e. The number of nitrogens with one attached hydrogen (secondary N) is 2. The molecule has 2 heterocycles. The molecule has 0 aromatic carbocycles. The number of amides is 1. The van der Waals surface area contributed by atoms with Crippen LogP contribution < -0.4 is 16.6 Å². The minimum Gasteiger partial charge on any atom is -0.320 e. The molecule has 0 atom stereocenters. The van der Waals surface area contributed by atoms with E-state index in [4.69, 9.17) is 5.84 Å². The van der Waals surface area contributed by atoms with E-state index in [1.54, 1.807) is 24.5 Å². The van der Waals surface area contributed by atoms with Crippen molar-refractivity contribution < 1.29 is 4.79 Å². The lowest BCUT2D eigenvalue weighted by molar-refractivity contribution is 0.102. The molecular weight excluding hydrogens is 266 g/mol. The number of nitrogens with zero attached hydrogens (tertiary/aromatic N) is 2. The summed E-state index contributed by atoms with van der Waals surface area (Å²) in [6.45, 7) is 3.97. The van der Waals surface area contributed by atoms with Crippen molar-refractivity contribution in [1.29, 1.82) is 0 Å². The SMILES string of the molecule is CCCc1cc(C(=O)Nc2cnccc2C)cc(NN)n1. The first kappa shape index (κ1) is 14.9. The lowest BCUT2D eigenvalue weighted by atomic mass is 10.1. The van der Waals surface area contributed by atoms with E-state index in [1.165, 1.54) is 0 Å². The predicted molar refractivity (Wildman–Crippen MR) is 83.0 cm³/mol. The van der Waals surface area contributed by atoms with Crippen LogP contribution in [-0.4, -0.2) is 15.9 Å². The van der Waals surface area contributed by atoms with Crippen LogP contribution in [0.25, 0.3) is 0 Å². The van der Waals surface area contributed by atoms with Crippen LogP contribution in [0, 0.1) is 6.92 Å². The van der Waals surface area contributed by atoms with Crippen LogP contribution >= 0.6 is 0 Å². The van der Waals surface area contributed by atoms with E-state index in [9.17, 15) is 4.79 Å². The van der Waals surface area contributed by atoms with Crippen molar-refractivity contribution in [2.75, 3.05) is 10.7 Å². The standard InChI is InChI=1S/C15H19N5O/c1-3-4-12-7-11(8-14(18-12)20-16)15(21)19-13-9-17-6-5-10(13)2/h5-9H,3-4,16H2,1-2H3,(H,18,20)(H,19,21). The molecule has 110 valence electrons. The van der Waals surface area contributed by atoms with Crippen LogP contribution in [0.4, 0.5) is 11.5 Å². The number of anilines is 2. The van der Waals surface area contributed by atoms with Crippen molar-refractivity contribution >= 4 is 17.4 Å². The van der Waals surface area contributed by atoms with Crippen molar-refractivity contribution in [3.05, 3.63) is 47.4 Å². The van der Waals surface area contributed by atoms with Crippen LogP contribution in [0.3, 0.4) is 0 Å². The second-order valence-corrected chi connectivity index (χ2v) is 4.77.